The number of nitrogens with one attached hydrogen (secondary N) is 2. The number of benzene rings is 2. The van der Waals surface area contributed by atoms with Gasteiger partial charge in [-0.1, -0.05) is 36.4 Å². The molecule has 0 aliphatic heterocycles. The molecule has 2 N–H and O–H groups in total. The van der Waals surface area contributed by atoms with Crippen LogP contribution in [0.4, 0.5) is 5.69 Å². The molecule has 5 nitrogen and oxygen atoms in total. The Morgan fingerprint density at radius 3 is 2.71 bits per heavy atom. The Kier molecular flexibility index (Phi) is 4.61. The van der Waals surface area contributed by atoms with Crippen LogP contribution in [0.5, 0.6) is 0 Å². The third kappa shape index (κ3) is 3.63. The first-order valence-electron chi connectivity index (χ1n) is 7.77. The highest BCUT2D eigenvalue weighted by Crippen LogP contribution is 2.23. The minimum Gasteiger partial charge on any atom is -0.460 e. The summed E-state index contributed by atoms with van der Waals surface area (Å²) >= 11 is 0. The fraction of sp³-hybridized carbons (Fsp3) is 0.158. The maximum atomic E-state index is 12.2. The van der Waals surface area contributed by atoms with E-state index in [1.807, 2.05) is 55.5 Å². The van der Waals surface area contributed by atoms with Gasteiger partial charge in [-0.3, -0.25) is 4.79 Å². The van der Waals surface area contributed by atoms with E-state index in [-0.39, 0.29) is 5.91 Å². The second kappa shape index (κ2) is 7.00. The Bertz CT molecular complexity index is 878. The van der Waals surface area contributed by atoms with Crippen molar-refractivity contribution in [1.82, 2.24) is 5.43 Å². The number of carbonyl (C=O) groups excluding carboxylic acids is 1. The van der Waals surface area contributed by atoms with Crippen LogP contribution in [0, 0.1) is 6.92 Å². The minimum absolute atomic E-state index is 0.220. The molecule has 0 radical (unpaired) electrons. The minimum atomic E-state index is -0.425. The second-order valence-electron chi connectivity index (χ2n) is 5.58. The SMILES string of the molecule is Cc1ccc(/C=N\NC(=O)[C@@H](C)Nc2cccc3ccccc23)o1. The Hall–Kier alpha value is -3.08. The van der Waals surface area contributed by atoms with Crippen molar-refractivity contribution in [3.63, 3.8) is 0 Å². The van der Waals surface area contributed by atoms with Crippen LogP contribution in [0.2, 0.25) is 0 Å². The fourth-order valence-electron chi connectivity index (χ4n) is 2.43. The van der Waals surface area contributed by atoms with Crippen LogP contribution in [0.15, 0.2) is 64.1 Å². The largest absolute Gasteiger partial charge is 0.460 e. The summed E-state index contributed by atoms with van der Waals surface area (Å²) in [6, 6.07) is 17.2. The molecule has 0 fully saturated rings. The second-order valence-corrected chi connectivity index (χ2v) is 5.58. The van der Waals surface area contributed by atoms with Crippen molar-refractivity contribution in [2.75, 3.05) is 5.32 Å². The first-order chi connectivity index (χ1) is 11.6. The van der Waals surface area contributed by atoms with Gasteiger partial charge < -0.3 is 9.73 Å². The van der Waals surface area contributed by atoms with Crippen molar-refractivity contribution in [2.24, 2.45) is 5.10 Å². The number of aryl methyl sites for hydroxylation is 1. The Balaban J connectivity index is 1.64. The summed E-state index contributed by atoms with van der Waals surface area (Å²) in [6.07, 6.45) is 1.48. The lowest BCUT2D eigenvalue weighted by Crippen LogP contribution is -2.34. The molecule has 3 aromatic rings. The van der Waals surface area contributed by atoms with Crippen molar-refractivity contribution in [3.8, 4) is 0 Å². The number of rotatable bonds is 5. The van der Waals surface area contributed by atoms with Crippen molar-refractivity contribution in [1.29, 1.82) is 0 Å². The van der Waals surface area contributed by atoms with Gasteiger partial charge in [-0.25, -0.2) is 5.43 Å². The molecule has 24 heavy (non-hydrogen) atoms. The molecular formula is C19H19N3O2. The van der Waals surface area contributed by atoms with Crippen LogP contribution in [-0.2, 0) is 4.79 Å². The summed E-state index contributed by atoms with van der Waals surface area (Å²) in [7, 11) is 0. The Morgan fingerprint density at radius 1 is 1.12 bits per heavy atom. The molecule has 0 bridgehead atoms. The molecule has 122 valence electrons. The van der Waals surface area contributed by atoms with E-state index in [4.69, 9.17) is 4.42 Å². The number of amides is 1. The van der Waals surface area contributed by atoms with E-state index in [1.165, 1.54) is 6.21 Å². The lowest BCUT2D eigenvalue weighted by molar-refractivity contribution is -0.121. The highest BCUT2D eigenvalue weighted by Gasteiger charge is 2.13. The van der Waals surface area contributed by atoms with Gasteiger partial charge in [-0.15, -0.1) is 0 Å². The fourth-order valence-corrected chi connectivity index (χ4v) is 2.43. The Labute approximate surface area is 140 Å². The molecule has 3 rings (SSSR count). The van der Waals surface area contributed by atoms with E-state index >= 15 is 0 Å². The molecule has 0 aliphatic rings. The molecule has 2 aromatic carbocycles. The van der Waals surface area contributed by atoms with E-state index < -0.39 is 6.04 Å². The molecule has 0 unspecified atom stereocenters. The van der Waals surface area contributed by atoms with Crippen LogP contribution in [0.1, 0.15) is 18.4 Å². The van der Waals surface area contributed by atoms with Gasteiger partial charge in [0.15, 0.2) is 0 Å². The maximum Gasteiger partial charge on any atom is 0.262 e. The first kappa shape index (κ1) is 15.8. The van der Waals surface area contributed by atoms with Gasteiger partial charge in [0.2, 0.25) is 0 Å². The van der Waals surface area contributed by atoms with Gasteiger partial charge in [0.05, 0.1) is 6.21 Å². The predicted octanol–water partition coefficient (Wildman–Crippen LogP) is 3.69. The van der Waals surface area contributed by atoms with Gasteiger partial charge in [0.25, 0.3) is 5.91 Å². The molecular weight excluding hydrogens is 302 g/mol. The number of nitrogens with zero attached hydrogens (tertiary/aromatic N) is 1. The quantitative estimate of drug-likeness (QED) is 0.556. The monoisotopic (exact) mass is 321 g/mol. The van der Waals surface area contributed by atoms with Crippen LogP contribution in [0.3, 0.4) is 0 Å². The number of furan rings is 1. The van der Waals surface area contributed by atoms with E-state index in [1.54, 1.807) is 13.0 Å². The third-order valence-electron chi connectivity index (χ3n) is 3.68. The maximum absolute atomic E-state index is 12.2. The number of hydrazone groups is 1. The lowest BCUT2D eigenvalue weighted by Gasteiger charge is -2.15. The molecule has 1 amide bonds. The first-order valence-corrected chi connectivity index (χ1v) is 7.77. The molecule has 1 heterocycles. The van der Waals surface area contributed by atoms with Crippen LogP contribution in [0.25, 0.3) is 10.8 Å². The summed E-state index contributed by atoms with van der Waals surface area (Å²) in [5.74, 6) is 1.18. The van der Waals surface area contributed by atoms with Crippen LogP contribution < -0.4 is 10.7 Å². The van der Waals surface area contributed by atoms with Crippen molar-refractivity contribution in [3.05, 3.63) is 66.1 Å². The molecule has 1 atom stereocenters. The third-order valence-corrected chi connectivity index (χ3v) is 3.68. The molecule has 1 aromatic heterocycles. The zero-order valence-corrected chi connectivity index (χ0v) is 13.6. The zero-order chi connectivity index (χ0) is 16.9. The van der Waals surface area contributed by atoms with E-state index in [9.17, 15) is 4.79 Å². The van der Waals surface area contributed by atoms with Gasteiger partial charge in [-0.05, 0) is 37.4 Å². The molecule has 5 heteroatoms. The molecule has 0 saturated carbocycles. The van der Waals surface area contributed by atoms with E-state index in [0.717, 1.165) is 22.2 Å². The highest BCUT2D eigenvalue weighted by molar-refractivity contribution is 5.96. The number of carbonyl (C=O) groups is 1. The summed E-state index contributed by atoms with van der Waals surface area (Å²) in [6.45, 7) is 3.65. The summed E-state index contributed by atoms with van der Waals surface area (Å²) in [4.78, 5) is 12.2. The zero-order valence-electron chi connectivity index (χ0n) is 13.6. The highest BCUT2D eigenvalue weighted by atomic mass is 16.3. The summed E-state index contributed by atoms with van der Waals surface area (Å²) in [5, 5.41) is 9.35. The number of hydrogen-bond donors (Lipinski definition) is 2. The summed E-state index contributed by atoms with van der Waals surface area (Å²) < 4.78 is 5.35. The molecule has 0 saturated heterocycles. The Morgan fingerprint density at radius 2 is 1.92 bits per heavy atom. The number of fused-ring (bicyclic) bond motifs is 1. The smallest absolute Gasteiger partial charge is 0.262 e. The average Bonchev–Trinajstić information content (AvgIpc) is 3.00. The van der Waals surface area contributed by atoms with Crippen molar-refractivity contribution >= 4 is 28.6 Å². The standard InChI is InChI=1S/C19H19N3O2/c1-13-10-11-16(24-13)12-20-22-19(23)14(2)21-18-9-5-7-15-6-3-4-8-17(15)18/h3-12,14,21H,1-2H3,(H,22,23)/b20-12-/t14-/m1/s1. The number of anilines is 1. The van der Waals surface area contributed by atoms with Gasteiger partial charge >= 0.3 is 0 Å². The van der Waals surface area contributed by atoms with Gasteiger partial charge in [0.1, 0.15) is 17.6 Å². The van der Waals surface area contributed by atoms with E-state index in [2.05, 4.69) is 15.8 Å². The molecule has 0 aliphatic carbocycles. The lowest BCUT2D eigenvalue weighted by atomic mass is 10.1. The van der Waals surface area contributed by atoms with Crippen molar-refractivity contribution < 1.29 is 9.21 Å². The van der Waals surface area contributed by atoms with Crippen molar-refractivity contribution in [2.45, 2.75) is 19.9 Å². The molecule has 0 spiro atoms. The van der Waals surface area contributed by atoms with E-state index in [0.29, 0.717) is 5.76 Å². The number of hydrogen-bond acceptors (Lipinski definition) is 4. The topological polar surface area (TPSA) is 66.6 Å². The normalized spacial score (nSPS) is 12.4. The predicted molar refractivity (Wildman–Crippen MR) is 96.2 cm³/mol. The van der Waals surface area contributed by atoms with Gasteiger partial charge in [-0.2, -0.15) is 5.10 Å². The average molecular weight is 321 g/mol. The van der Waals surface area contributed by atoms with Crippen LogP contribution >= 0.6 is 0 Å². The van der Waals surface area contributed by atoms with Gasteiger partial charge in [0, 0.05) is 11.1 Å². The summed E-state index contributed by atoms with van der Waals surface area (Å²) in [5.41, 5.74) is 3.43. The van der Waals surface area contributed by atoms with Crippen LogP contribution in [-0.4, -0.2) is 18.2 Å².